The molecular weight excluding hydrogens is 361 g/mol. The van der Waals surface area contributed by atoms with Crippen LogP contribution in [0.3, 0.4) is 0 Å². The zero-order valence-electron chi connectivity index (χ0n) is 16.2. The van der Waals surface area contributed by atoms with Crippen LogP contribution in [-0.4, -0.2) is 29.9 Å². The summed E-state index contributed by atoms with van der Waals surface area (Å²) in [6.45, 7) is 4.20. The molecule has 0 atom stereocenters. The van der Waals surface area contributed by atoms with E-state index in [1.54, 1.807) is 42.1 Å². The second kappa shape index (κ2) is 8.12. The third kappa shape index (κ3) is 3.98. The number of ether oxygens (including phenoxy) is 2. The first-order chi connectivity index (χ1) is 13.4. The summed E-state index contributed by atoms with van der Waals surface area (Å²) in [6.07, 6.45) is 0. The fourth-order valence-electron chi connectivity index (χ4n) is 2.96. The highest BCUT2D eigenvalue weighted by molar-refractivity contribution is 6.05. The standard InChI is InChI=1S/C21H22FN3O3/c1-13-20(14(2)25(24-13)12-15-5-8-17(22)9-6-15)23-21(26)16-7-10-18(27-3)19(11-16)28-4/h5-11H,12H2,1-4H3,(H,23,26). The number of aryl methyl sites for hydroxylation is 1. The van der Waals surface area contributed by atoms with E-state index in [1.165, 1.54) is 19.2 Å². The number of rotatable bonds is 6. The van der Waals surface area contributed by atoms with Crippen molar-refractivity contribution in [3.63, 3.8) is 0 Å². The van der Waals surface area contributed by atoms with Crippen molar-refractivity contribution in [3.05, 3.63) is 70.8 Å². The van der Waals surface area contributed by atoms with E-state index in [0.717, 1.165) is 11.3 Å². The highest BCUT2D eigenvalue weighted by Crippen LogP contribution is 2.28. The van der Waals surface area contributed by atoms with E-state index in [4.69, 9.17) is 9.47 Å². The van der Waals surface area contributed by atoms with E-state index in [1.807, 2.05) is 13.8 Å². The van der Waals surface area contributed by atoms with Gasteiger partial charge < -0.3 is 14.8 Å². The molecule has 1 N–H and O–H groups in total. The molecule has 0 aliphatic heterocycles. The van der Waals surface area contributed by atoms with Crippen LogP contribution in [-0.2, 0) is 6.54 Å². The third-order valence-corrected chi connectivity index (χ3v) is 4.51. The topological polar surface area (TPSA) is 65.4 Å². The number of benzene rings is 2. The van der Waals surface area contributed by atoms with Crippen molar-refractivity contribution in [2.24, 2.45) is 0 Å². The van der Waals surface area contributed by atoms with Crippen LogP contribution in [0.25, 0.3) is 0 Å². The fourth-order valence-corrected chi connectivity index (χ4v) is 2.96. The summed E-state index contributed by atoms with van der Waals surface area (Å²) in [6, 6.07) is 11.3. The smallest absolute Gasteiger partial charge is 0.255 e. The highest BCUT2D eigenvalue weighted by Gasteiger charge is 2.17. The number of methoxy groups -OCH3 is 2. The number of aromatic nitrogens is 2. The molecule has 0 radical (unpaired) electrons. The van der Waals surface area contributed by atoms with Crippen LogP contribution in [0.4, 0.5) is 10.1 Å². The van der Waals surface area contributed by atoms with E-state index in [-0.39, 0.29) is 11.7 Å². The number of carbonyl (C=O) groups is 1. The summed E-state index contributed by atoms with van der Waals surface area (Å²) in [7, 11) is 3.06. The third-order valence-electron chi connectivity index (χ3n) is 4.51. The van der Waals surface area contributed by atoms with Crippen molar-refractivity contribution in [2.45, 2.75) is 20.4 Å². The number of hydrogen-bond acceptors (Lipinski definition) is 4. The molecular formula is C21H22FN3O3. The Labute approximate surface area is 162 Å². The number of amides is 1. The van der Waals surface area contributed by atoms with Crippen LogP contribution in [0.5, 0.6) is 11.5 Å². The number of halogens is 1. The summed E-state index contributed by atoms with van der Waals surface area (Å²) in [5.74, 6) is 0.489. The Hall–Kier alpha value is -3.35. The van der Waals surface area contributed by atoms with Gasteiger partial charge in [-0.1, -0.05) is 12.1 Å². The zero-order valence-corrected chi connectivity index (χ0v) is 16.2. The van der Waals surface area contributed by atoms with Crippen molar-refractivity contribution >= 4 is 11.6 Å². The Morgan fingerprint density at radius 2 is 1.75 bits per heavy atom. The molecule has 2 aromatic carbocycles. The quantitative estimate of drug-likeness (QED) is 0.700. The maximum absolute atomic E-state index is 13.1. The number of nitrogens with zero attached hydrogens (tertiary/aromatic N) is 2. The maximum atomic E-state index is 13.1. The van der Waals surface area contributed by atoms with Gasteiger partial charge in [-0.3, -0.25) is 9.48 Å². The first-order valence-electron chi connectivity index (χ1n) is 8.74. The van der Waals surface area contributed by atoms with Crippen LogP contribution >= 0.6 is 0 Å². The molecule has 0 spiro atoms. The first-order valence-corrected chi connectivity index (χ1v) is 8.74. The van der Waals surface area contributed by atoms with Crippen molar-refractivity contribution in [1.29, 1.82) is 0 Å². The molecule has 3 aromatic rings. The molecule has 0 aliphatic carbocycles. The van der Waals surface area contributed by atoms with E-state index < -0.39 is 0 Å². The summed E-state index contributed by atoms with van der Waals surface area (Å²) in [4.78, 5) is 12.7. The minimum atomic E-state index is -0.278. The normalized spacial score (nSPS) is 10.6. The average molecular weight is 383 g/mol. The largest absolute Gasteiger partial charge is 0.493 e. The van der Waals surface area contributed by atoms with Gasteiger partial charge in [0.05, 0.1) is 37.8 Å². The molecule has 6 nitrogen and oxygen atoms in total. The van der Waals surface area contributed by atoms with Crippen LogP contribution in [0.2, 0.25) is 0 Å². The monoisotopic (exact) mass is 383 g/mol. The molecule has 146 valence electrons. The van der Waals surface area contributed by atoms with Crippen LogP contribution in [0, 0.1) is 19.7 Å². The zero-order chi connectivity index (χ0) is 20.3. The minimum Gasteiger partial charge on any atom is -0.493 e. The van der Waals surface area contributed by atoms with E-state index in [2.05, 4.69) is 10.4 Å². The molecule has 0 unspecified atom stereocenters. The van der Waals surface area contributed by atoms with Gasteiger partial charge in [-0.2, -0.15) is 5.10 Å². The number of carbonyl (C=O) groups excluding carboxylic acids is 1. The second-order valence-corrected chi connectivity index (χ2v) is 6.35. The van der Waals surface area contributed by atoms with Gasteiger partial charge in [-0.25, -0.2) is 4.39 Å². The van der Waals surface area contributed by atoms with E-state index in [0.29, 0.717) is 35.0 Å². The summed E-state index contributed by atoms with van der Waals surface area (Å²) in [5.41, 5.74) is 3.54. The second-order valence-electron chi connectivity index (χ2n) is 6.35. The van der Waals surface area contributed by atoms with Gasteiger partial charge in [-0.05, 0) is 49.7 Å². The molecule has 1 amide bonds. The Bertz CT molecular complexity index is 997. The molecule has 1 aromatic heterocycles. The van der Waals surface area contributed by atoms with Crippen molar-refractivity contribution in [1.82, 2.24) is 9.78 Å². The Kier molecular flexibility index (Phi) is 5.63. The maximum Gasteiger partial charge on any atom is 0.255 e. The fraction of sp³-hybridized carbons (Fsp3) is 0.238. The number of hydrogen-bond donors (Lipinski definition) is 1. The molecule has 1 heterocycles. The average Bonchev–Trinajstić information content (AvgIpc) is 2.96. The molecule has 28 heavy (non-hydrogen) atoms. The highest BCUT2D eigenvalue weighted by atomic mass is 19.1. The predicted molar refractivity (Wildman–Crippen MR) is 105 cm³/mol. The molecule has 0 fully saturated rings. The molecule has 7 heteroatoms. The van der Waals surface area contributed by atoms with E-state index in [9.17, 15) is 9.18 Å². The summed E-state index contributed by atoms with van der Waals surface area (Å²) >= 11 is 0. The Morgan fingerprint density at radius 1 is 1.07 bits per heavy atom. The predicted octanol–water partition coefficient (Wildman–Crippen LogP) is 3.96. The van der Waals surface area contributed by atoms with Gasteiger partial charge in [-0.15, -0.1) is 0 Å². The summed E-state index contributed by atoms with van der Waals surface area (Å²) in [5, 5.41) is 7.42. The van der Waals surface area contributed by atoms with Crippen molar-refractivity contribution < 1.29 is 18.7 Å². The van der Waals surface area contributed by atoms with Gasteiger partial charge in [0.15, 0.2) is 11.5 Å². The number of anilines is 1. The first kappa shape index (κ1) is 19.4. The molecule has 0 saturated heterocycles. The molecule has 3 rings (SSSR count). The lowest BCUT2D eigenvalue weighted by atomic mass is 10.1. The van der Waals surface area contributed by atoms with Crippen LogP contribution in [0.1, 0.15) is 27.3 Å². The Balaban J connectivity index is 1.81. The number of nitrogens with one attached hydrogen (secondary N) is 1. The van der Waals surface area contributed by atoms with Gasteiger partial charge in [0.2, 0.25) is 0 Å². The molecule has 0 aliphatic rings. The van der Waals surface area contributed by atoms with E-state index >= 15 is 0 Å². The minimum absolute atomic E-state index is 0.270. The lowest BCUT2D eigenvalue weighted by Gasteiger charge is -2.10. The van der Waals surface area contributed by atoms with Gasteiger partial charge in [0.25, 0.3) is 5.91 Å². The Morgan fingerprint density at radius 3 is 2.39 bits per heavy atom. The van der Waals surface area contributed by atoms with Gasteiger partial charge in [0, 0.05) is 5.56 Å². The van der Waals surface area contributed by atoms with Gasteiger partial charge in [0.1, 0.15) is 5.82 Å². The van der Waals surface area contributed by atoms with Crippen LogP contribution < -0.4 is 14.8 Å². The summed E-state index contributed by atoms with van der Waals surface area (Å²) < 4.78 is 25.3. The SMILES string of the molecule is COc1ccc(C(=O)Nc2c(C)nn(Cc3ccc(F)cc3)c2C)cc1OC. The lowest BCUT2D eigenvalue weighted by Crippen LogP contribution is -2.13. The van der Waals surface area contributed by atoms with Crippen molar-refractivity contribution in [2.75, 3.05) is 19.5 Å². The van der Waals surface area contributed by atoms with Gasteiger partial charge >= 0.3 is 0 Å². The molecule has 0 bridgehead atoms. The van der Waals surface area contributed by atoms with Crippen LogP contribution in [0.15, 0.2) is 42.5 Å². The lowest BCUT2D eigenvalue weighted by molar-refractivity contribution is 0.102. The van der Waals surface area contributed by atoms with Crippen molar-refractivity contribution in [3.8, 4) is 11.5 Å². The molecule has 0 saturated carbocycles.